The highest BCUT2D eigenvalue weighted by Gasteiger charge is 2.27. The van der Waals surface area contributed by atoms with Gasteiger partial charge in [0.15, 0.2) is 6.10 Å². The van der Waals surface area contributed by atoms with E-state index in [4.69, 9.17) is 4.74 Å². The summed E-state index contributed by atoms with van der Waals surface area (Å²) in [5.41, 5.74) is -0.427. The zero-order chi connectivity index (χ0) is 10.8. The van der Waals surface area contributed by atoms with Gasteiger partial charge in [-0.25, -0.2) is 4.79 Å². The van der Waals surface area contributed by atoms with Crippen molar-refractivity contribution < 1.29 is 19.1 Å². The maximum atomic E-state index is 11.4. The number of rotatable bonds is 2. The Morgan fingerprint density at radius 1 is 1.57 bits per heavy atom. The maximum absolute atomic E-state index is 11.4. The first kappa shape index (κ1) is 10.8. The minimum atomic E-state index is -0.667. The van der Waals surface area contributed by atoms with Crippen molar-refractivity contribution in [3.05, 3.63) is 0 Å². The molecule has 1 rings (SSSR count). The van der Waals surface area contributed by atoms with E-state index in [-0.39, 0.29) is 18.6 Å². The molecule has 14 heavy (non-hydrogen) atoms. The van der Waals surface area contributed by atoms with Crippen LogP contribution in [-0.2, 0) is 14.3 Å². The maximum Gasteiger partial charge on any atom is 0.508 e. The van der Waals surface area contributed by atoms with E-state index in [1.807, 2.05) is 20.8 Å². The highest BCUT2D eigenvalue weighted by atomic mass is 16.8. The molecular formula is C9H15NO4. The van der Waals surface area contributed by atoms with Crippen LogP contribution in [0, 0.1) is 5.41 Å². The van der Waals surface area contributed by atoms with E-state index in [0.717, 1.165) is 0 Å². The average Bonchev–Trinajstić information content (AvgIpc) is 2.45. The van der Waals surface area contributed by atoms with Crippen LogP contribution in [0.15, 0.2) is 0 Å². The Balaban J connectivity index is 2.28. The van der Waals surface area contributed by atoms with Gasteiger partial charge in [-0.1, -0.05) is 20.8 Å². The van der Waals surface area contributed by atoms with Crippen molar-refractivity contribution in [2.24, 2.45) is 5.41 Å². The van der Waals surface area contributed by atoms with Gasteiger partial charge in [0.05, 0.1) is 6.54 Å². The number of cyclic esters (lactones) is 2. The molecule has 0 aromatic carbocycles. The van der Waals surface area contributed by atoms with Gasteiger partial charge in [-0.3, -0.25) is 4.79 Å². The van der Waals surface area contributed by atoms with Crippen molar-refractivity contribution in [3.8, 4) is 0 Å². The molecule has 5 heteroatoms. The summed E-state index contributed by atoms with van der Waals surface area (Å²) in [5.74, 6) is -0.0690. The van der Waals surface area contributed by atoms with E-state index in [9.17, 15) is 9.59 Å². The fraction of sp³-hybridized carbons (Fsp3) is 0.778. The molecule has 1 saturated heterocycles. The lowest BCUT2D eigenvalue weighted by Crippen LogP contribution is -2.39. The van der Waals surface area contributed by atoms with Crippen LogP contribution in [0.1, 0.15) is 20.8 Å². The topological polar surface area (TPSA) is 64.6 Å². The third-order valence-corrected chi connectivity index (χ3v) is 1.82. The van der Waals surface area contributed by atoms with Gasteiger partial charge in [0.1, 0.15) is 6.61 Å². The van der Waals surface area contributed by atoms with Crippen molar-refractivity contribution in [2.75, 3.05) is 13.2 Å². The summed E-state index contributed by atoms with van der Waals surface area (Å²) in [5, 5.41) is 2.69. The van der Waals surface area contributed by atoms with E-state index in [2.05, 4.69) is 10.1 Å². The molecule has 1 unspecified atom stereocenters. The van der Waals surface area contributed by atoms with Crippen LogP contribution in [0.5, 0.6) is 0 Å². The second-order valence-electron chi connectivity index (χ2n) is 4.26. The van der Waals surface area contributed by atoms with Crippen molar-refractivity contribution in [1.82, 2.24) is 5.32 Å². The summed E-state index contributed by atoms with van der Waals surface area (Å²) >= 11 is 0. The molecular weight excluding hydrogens is 186 g/mol. The molecule has 1 fully saturated rings. The Morgan fingerprint density at radius 2 is 2.21 bits per heavy atom. The molecule has 80 valence electrons. The average molecular weight is 201 g/mol. The molecule has 0 aromatic heterocycles. The van der Waals surface area contributed by atoms with E-state index >= 15 is 0 Å². The molecule has 0 spiro atoms. The molecule has 1 heterocycles. The molecule has 1 amide bonds. The third-order valence-electron chi connectivity index (χ3n) is 1.82. The Labute approximate surface area is 82.8 Å². The van der Waals surface area contributed by atoms with Gasteiger partial charge < -0.3 is 14.8 Å². The number of carbonyl (C=O) groups is 2. The van der Waals surface area contributed by atoms with Crippen LogP contribution in [0.2, 0.25) is 0 Å². The lowest BCUT2D eigenvalue weighted by molar-refractivity contribution is -0.128. The molecule has 0 radical (unpaired) electrons. The summed E-state index contributed by atoms with van der Waals surface area (Å²) < 4.78 is 9.32. The predicted molar refractivity (Wildman–Crippen MR) is 48.7 cm³/mol. The second kappa shape index (κ2) is 3.86. The monoisotopic (exact) mass is 201 g/mol. The van der Waals surface area contributed by atoms with Gasteiger partial charge >= 0.3 is 6.16 Å². The number of hydrogen-bond acceptors (Lipinski definition) is 4. The van der Waals surface area contributed by atoms with E-state index in [1.165, 1.54) is 0 Å². The zero-order valence-corrected chi connectivity index (χ0v) is 8.62. The Hall–Kier alpha value is -1.26. The summed E-state index contributed by atoms with van der Waals surface area (Å²) in [4.78, 5) is 21.9. The van der Waals surface area contributed by atoms with Crippen LogP contribution in [0.25, 0.3) is 0 Å². The van der Waals surface area contributed by atoms with Crippen LogP contribution in [-0.4, -0.2) is 31.3 Å². The van der Waals surface area contributed by atoms with E-state index in [1.54, 1.807) is 0 Å². The number of nitrogens with one attached hydrogen (secondary N) is 1. The summed E-state index contributed by atoms with van der Waals surface area (Å²) in [7, 11) is 0. The number of carbonyl (C=O) groups excluding carboxylic acids is 2. The first-order chi connectivity index (χ1) is 6.39. The Morgan fingerprint density at radius 3 is 2.64 bits per heavy atom. The van der Waals surface area contributed by atoms with Gasteiger partial charge in [0.25, 0.3) is 0 Å². The fourth-order valence-corrected chi connectivity index (χ4v) is 0.937. The van der Waals surface area contributed by atoms with Crippen molar-refractivity contribution in [2.45, 2.75) is 26.9 Å². The van der Waals surface area contributed by atoms with Gasteiger partial charge in [-0.15, -0.1) is 0 Å². The zero-order valence-electron chi connectivity index (χ0n) is 8.62. The SMILES string of the molecule is CC(C)(C)C(=O)NCC1COC(=O)O1. The van der Waals surface area contributed by atoms with E-state index in [0.29, 0.717) is 6.54 Å². The van der Waals surface area contributed by atoms with Crippen LogP contribution in [0.4, 0.5) is 4.79 Å². The minimum absolute atomic E-state index is 0.0690. The highest BCUT2D eigenvalue weighted by molar-refractivity contribution is 5.81. The highest BCUT2D eigenvalue weighted by Crippen LogP contribution is 2.13. The molecule has 0 aliphatic carbocycles. The van der Waals surface area contributed by atoms with Crippen molar-refractivity contribution in [3.63, 3.8) is 0 Å². The first-order valence-corrected chi connectivity index (χ1v) is 4.51. The second-order valence-corrected chi connectivity index (χ2v) is 4.26. The predicted octanol–water partition coefficient (Wildman–Crippen LogP) is 0.684. The molecule has 5 nitrogen and oxygen atoms in total. The molecule has 0 aromatic rings. The van der Waals surface area contributed by atoms with Crippen molar-refractivity contribution >= 4 is 12.1 Å². The van der Waals surface area contributed by atoms with Gasteiger partial charge in [-0.05, 0) is 0 Å². The Bertz CT molecular complexity index is 244. The number of hydrogen-bond donors (Lipinski definition) is 1. The van der Waals surface area contributed by atoms with Crippen LogP contribution >= 0.6 is 0 Å². The standard InChI is InChI=1S/C9H15NO4/c1-9(2,3)7(11)10-4-6-5-13-8(12)14-6/h6H,4-5H2,1-3H3,(H,10,11). The molecule has 0 saturated carbocycles. The first-order valence-electron chi connectivity index (χ1n) is 4.51. The summed E-state index contributed by atoms with van der Waals surface area (Å²) in [6, 6.07) is 0. The molecule has 1 aliphatic heterocycles. The summed E-state index contributed by atoms with van der Waals surface area (Å²) in [6.07, 6.45) is -1.02. The van der Waals surface area contributed by atoms with Crippen molar-refractivity contribution in [1.29, 1.82) is 0 Å². The number of amides is 1. The third kappa shape index (κ3) is 2.90. The van der Waals surface area contributed by atoms with Crippen LogP contribution < -0.4 is 5.32 Å². The molecule has 0 bridgehead atoms. The van der Waals surface area contributed by atoms with Gasteiger partial charge in [-0.2, -0.15) is 0 Å². The lowest BCUT2D eigenvalue weighted by atomic mass is 9.96. The summed E-state index contributed by atoms with van der Waals surface area (Å²) in [6.45, 7) is 5.98. The minimum Gasteiger partial charge on any atom is -0.430 e. The normalized spacial score (nSPS) is 21.4. The quantitative estimate of drug-likeness (QED) is 0.667. The lowest BCUT2D eigenvalue weighted by Gasteiger charge is -2.18. The van der Waals surface area contributed by atoms with E-state index < -0.39 is 11.6 Å². The molecule has 1 atom stereocenters. The molecule has 1 N–H and O–H groups in total. The fourth-order valence-electron chi connectivity index (χ4n) is 0.937. The van der Waals surface area contributed by atoms with Gasteiger partial charge in [0.2, 0.25) is 5.91 Å². The van der Waals surface area contributed by atoms with Gasteiger partial charge in [0, 0.05) is 5.41 Å². The smallest absolute Gasteiger partial charge is 0.430 e. The largest absolute Gasteiger partial charge is 0.508 e. The van der Waals surface area contributed by atoms with Crippen LogP contribution in [0.3, 0.4) is 0 Å². The molecule has 1 aliphatic rings. The Kier molecular flexibility index (Phi) is 2.98. The number of ether oxygens (including phenoxy) is 2.